The minimum atomic E-state index is 0.531. The van der Waals surface area contributed by atoms with Crippen LogP contribution in [0.4, 0.5) is 0 Å². The molecule has 0 aliphatic heterocycles. The summed E-state index contributed by atoms with van der Waals surface area (Å²) in [6.45, 7) is 3.75. The third-order valence-electron chi connectivity index (χ3n) is 1.62. The minimum Gasteiger partial charge on any atom is -0.192 e. The van der Waals surface area contributed by atoms with E-state index in [1.807, 2.05) is 18.2 Å². The fourth-order valence-electron chi connectivity index (χ4n) is 1.01. The third kappa shape index (κ3) is 1.99. The first-order chi connectivity index (χ1) is 5.77. The van der Waals surface area contributed by atoms with Crippen LogP contribution in [0.3, 0.4) is 0 Å². The van der Waals surface area contributed by atoms with E-state index in [9.17, 15) is 0 Å². The molecule has 0 unspecified atom stereocenters. The van der Waals surface area contributed by atoms with Crippen molar-refractivity contribution in [3.8, 4) is 6.07 Å². The van der Waals surface area contributed by atoms with Crippen LogP contribution in [-0.4, -0.2) is 0 Å². The summed E-state index contributed by atoms with van der Waals surface area (Å²) in [7, 11) is 0. The van der Waals surface area contributed by atoms with Crippen LogP contribution in [-0.2, 0) is 6.42 Å². The Morgan fingerprint density at radius 1 is 1.50 bits per heavy atom. The van der Waals surface area contributed by atoms with Gasteiger partial charge in [-0.05, 0) is 30.5 Å². The van der Waals surface area contributed by atoms with Crippen molar-refractivity contribution in [2.75, 3.05) is 0 Å². The molecule has 1 aromatic rings. The number of rotatable bonds is 2. The van der Waals surface area contributed by atoms with E-state index in [0.717, 1.165) is 18.4 Å². The predicted molar refractivity (Wildman–Crippen MR) is 49.8 cm³/mol. The van der Waals surface area contributed by atoms with E-state index in [-0.39, 0.29) is 0 Å². The quantitative estimate of drug-likeness (QED) is 0.683. The van der Waals surface area contributed by atoms with Crippen LogP contribution in [0, 0.1) is 18.3 Å². The number of benzene rings is 1. The van der Waals surface area contributed by atoms with E-state index in [1.165, 1.54) is 0 Å². The number of aryl methyl sites for hydroxylation is 1. The van der Waals surface area contributed by atoms with Crippen molar-refractivity contribution in [1.82, 2.24) is 0 Å². The number of hydrogen-bond donors (Lipinski definition) is 0. The summed E-state index contributed by atoms with van der Waals surface area (Å²) >= 11 is 5.82. The molecule has 0 aliphatic rings. The molecule has 0 N–H and O–H groups in total. The van der Waals surface area contributed by atoms with E-state index >= 15 is 0 Å². The lowest BCUT2D eigenvalue weighted by atomic mass is 10.1. The van der Waals surface area contributed by atoms with E-state index in [0.29, 0.717) is 10.6 Å². The van der Waals surface area contributed by atoms with Gasteiger partial charge in [-0.15, -0.1) is 0 Å². The second-order valence-electron chi connectivity index (χ2n) is 2.53. The zero-order chi connectivity index (χ0) is 8.97. The van der Waals surface area contributed by atoms with Crippen molar-refractivity contribution in [3.05, 3.63) is 41.3 Å². The summed E-state index contributed by atoms with van der Waals surface area (Å²) in [6, 6.07) is 7.50. The maximum Gasteiger partial charge on any atom is 0.101 e. The third-order valence-corrected chi connectivity index (χ3v) is 1.93. The predicted octanol–water partition coefficient (Wildman–Crippen LogP) is 2.98. The van der Waals surface area contributed by atoms with Gasteiger partial charge in [-0.25, -0.2) is 0 Å². The van der Waals surface area contributed by atoms with Crippen LogP contribution >= 0.6 is 11.6 Å². The van der Waals surface area contributed by atoms with Gasteiger partial charge in [0.25, 0.3) is 0 Å². The van der Waals surface area contributed by atoms with Gasteiger partial charge in [0.1, 0.15) is 6.07 Å². The molecule has 12 heavy (non-hydrogen) atoms. The molecule has 1 aromatic carbocycles. The Labute approximate surface area is 77.6 Å². The first-order valence-electron chi connectivity index (χ1n) is 3.75. The number of hydrogen-bond acceptors (Lipinski definition) is 1. The summed E-state index contributed by atoms with van der Waals surface area (Å²) < 4.78 is 0. The molecule has 0 atom stereocenters. The summed E-state index contributed by atoms with van der Waals surface area (Å²) in [4.78, 5) is 0. The Hall–Kier alpha value is -1.00. The highest BCUT2D eigenvalue weighted by molar-refractivity contribution is 6.31. The van der Waals surface area contributed by atoms with Gasteiger partial charge in [0.05, 0.1) is 10.6 Å². The lowest BCUT2D eigenvalue weighted by Gasteiger charge is -1.99. The molecule has 0 saturated heterocycles. The van der Waals surface area contributed by atoms with E-state index in [1.54, 1.807) is 6.07 Å². The van der Waals surface area contributed by atoms with Crippen molar-refractivity contribution in [2.45, 2.75) is 12.8 Å². The molecule has 1 rings (SSSR count). The molecule has 0 bridgehead atoms. The minimum absolute atomic E-state index is 0.531. The van der Waals surface area contributed by atoms with Crippen LogP contribution < -0.4 is 0 Å². The van der Waals surface area contributed by atoms with Gasteiger partial charge in [0.2, 0.25) is 0 Å². The Kier molecular flexibility index (Phi) is 3.13. The second-order valence-corrected chi connectivity index (χ2v) is 2.94. The lowest BCUT2D eigenvalue weighted by molar-refractivity contribution is 0.999. The number of nitrogens with zero attached hydrogens (tertiary/aromatic N) is 1. The van der Waals surface area contributed by atoms with Crippen LogP contribution in [0.5, 0.6) is 0 Å². The Morgan fingerprint density at radius 2 is 2.25 bits per heavy atom. The molecule has 0 saturated carbocycles. The maximum atomic E-state index is 8.59. The van der Waals surface area contributed by atoms with E-state index < -0.39 is 0 Å². The van der Waals surface area contributed by atoms with Gasteiger partial charge in [-0.2, -0.15) is 5.26 Å². The first kappa shape index (κ1) is 9.09. The highest BCUT2D eigenvalue weighted by Gasteiger charge is 1.99. The molecule has 61 valence electrons. The summed E-state index contributed by atoms with van der Waals surface area (Å²) in [5.74, 6) is 0. The number of nitriles is 1. The largest absolute Gasteiger partial charge is 0.192 e. The first-order valence-corrected chi connectivity index (χ1v) is 4.13. The van der Waals surface area contributed by atoms with Crippen LogP contribution in [0.15, 0.2) is 18.2 Å². The average Bonchev–Trinajstić information content (AvgIpc) is 2.05. The monoisotopic (exact) mass is 178 g/mol. The summed E-state index contributed by atoms with van der Waals surface area (Å²) in [5.41, 5.74) is 1.67. The maximum absolute atomic E-state index is 8.59. The molecule has 0 aromatic heterocycles. The van der Waals surface area contributed by atoms with Gasteiger partial charge < -0.3 is 0 Å². The fourth-order valence-corrected chi connectivity index (χ4v) is 1.25. The zero-order valence-electron chi connectivity index (χ0n) is 6.68. The van der Waals surface area contributed by atoms with Crippen LogP contribution in [0.1, 0.15) is 17.5 Å². The molecule has 1 nitrogen and oxygen atoms in total. The SMILES string of the molecule is [CH2]CCc1ccc(C#N)c(Cl)c1. The zero-order valence-corrected chi connectivity index (χ0v) is 7.43. The van der Waals surface area contributed by atoms with Gasteiger partial charge in [0.15, 0.2) is 0 Å². The molecular formula is C10H9ClN. The molecule has 1 radical (unpaired) electrons. The fraction of sp³-hybridized carbons (Fsp3) is 0.200. The van der Waals surface area contributed by atoms with Crippen molar-refractivity contribution in [1.29, 1.82) is 5.26 Å². The van der Waals surface area contributed by atoms with Crippen molar-refractivity contribution in [2.24, 2.45) is 0 Å². The standard InChI is InChI=1S/C10H9ClN/c1-2-3-8-4-5-9(7-12)10(11)6-8/h4-6H,1-3H2. The van der Waals surface area contributed by atoms with Crippen LogP contribution in [0.2, 0.25) is 5.02 Å². The van der Waals surface area contributed by atoms with Gasteiger partial charge >= 0.3 is 0 Å². The smallest absolute Gasteiger partial charge is 0.101 e. The highest BCUT2D eigenvalue weighted by atomic mass is 35.5. The lowest BCUT2D eigenvalue weighted by Crippen LogP contribution is -1.84. The van der Waals surface area contributed by atoms with E-state index in [4.69, 9.17) is 16.9 Å². The topological polar surface area (TPSA) is 23.8 Å². The van der Waals surface area contributed by atoms with Crippen molar-refractivity contribution in [3.63, 3.8) is 0 Å². The molecule has 2 heteroatoms. The van der Waals surface area contributed by atoms with Crippen molar-refractivity contribution >= 4 is 11.6 Å². The Morgan fingerprint density at radius 3 is 2.75 bits per heavy atom. The van der Waals surface area contributed by atoms with Crippen LogP contribution in [0.25, 0.3) is 0 Å². The van der Waals surface area contributed by atoms with E-state index in [2.05, 4.69) is 6.92 Å². The molecule has 0 amide bonds. The number of halogens is 1. The normalized spacial score (nSPS) is 9.42. The average molecular weight is 179 g/mol. The van der Waals surface area contributed by atoms with Gasteiger partial charge in [-0.3, -0.25) is 0 Å². The van der Waals surface area contributed by atoms with Crippen molar-refractivity contribution < 1.29 is 0 Å². The summed E-state index contributed by atoms with van der Waals surface area (Å²) in [5, 5.41) is 9.12. The molecule has 0 spiro atoms. The Balaban J connectivity index is 2.96. The second kappa shape index (κ2) is 4.13. The summed E-state index contributed by atoms with van der Waals surface area (Å²) in [6.07, 6.45) is 1.76. The molecule has 0 heterocycles. The highest BCUT2D eigenvalue weighted by Crippen LogP contribution is 2.17. The van der Waals surface area contributed by atoms with Gasteiger partial charge in [0, 0.05) is 0 Å². The van der Waals surface area contributed by atoms with Gasteiger partial charge in [-0.1, -0.05) is 24.6 Å². The Bertz CT molecular complexity index is 312. The molecule has 0 fully saturated rings. The molecule has 0 aliphatic carbocycles. The molecular weight excluding hydrogens is 170 g/mol.